The average molecular weight is 409 g/mol. The molecule has 0 N–H and O–H groups in total. The molecule has 0 fully saturated rings. The zero-order valence-electron chi connectivity index (χ0n) is 14.7. The molecular formula is C18H17ClN2O5S. The maximum absolute atomic E-state index is 12.2. The molecule has 7 nitrogen and oxygen atoms in total. The lowest BCUT2D eigenvalue weighted by Crippen LogP contribution is -2.30. The normalized spacial score (nSPS) is 10.3. The fraction of sp³-hybridized carbons (Fsp3) is 0.222. The standard InChI is InChI=1S/C18H17ClN2O5S/c1-20(10-12-3-6-14(27-2)7-4-12)17(22)11-26-18(23)15-9-13(19)5-8-16(15)21(24)25/h3-9H,10-11H2,1-2H3. The van der Waals surface area contributed by atoms with Crippen LogP contribution in [0.4, 0.5) is 5.69 Å². The fourth-order valence-electron chi connectivity index (χ4n) is 2.24. The van der Waals surface area contributed by atoms with Gasteiger partial charge >= 0.3 is 5.97 Å². The van der Waals surface area contributed by atoms with Crippen LogP contribution in [-0.4, -0.2) is 41.6 Å². The van der Waals surface area contributed by atoms with E-state index in [1.54, 1.807) is 18.8 Å². The van der Waals surface area contributed by atoms with Gasteiger partial charge in [-0.05, 0) is 36.1 Å². The number of nitrogens with zero attached hydrogens (tertiary/aromatic N) is 2. The number of halogens is 1. The molecule has 0 aromatic heterocycles. The molecule has 0 radical (unpaired) electrons. The van der Waals surface area contributed by atoms with Crippen LogP contribution < -0.4 is 0 Å². The number of esters is 1. The van der Waals surface area contributed by atoms with Crippen LogP contribution in [0.25, 0.3) is 0 Å². The van der Waals surface area contributed by atoms with Gasteiger partial charge in [0.05, 0.1) is 4.92 Å². The Balaban J connectivity index is 1.97. The molecule has 0 heterocycles. The number of carbonyl (C=O) groups is 2. The summed E-state index contributed by atoms with van der Waals surface area (Å²) in [7, 11) is 1.58. The lowest BCUT2D eigenvalue weighted by molar-refractivity contribution is -0.385. The van der Waals surface area contributed by atoms with Crippen molar-refractivity contribution in [1.29, 1.82) is 0 Å². The Labute approximate surface area is 165 Å². The number of thioether (sulfide) groups is 1. The molecule has 0 aliphatic rings. The van der Waals surface area contributed by atoms with Gasteiger partial charge in [-0.2, -0.15) is 0 Å². The first-order valence-electron chi connectivity index (χ1n) is 7.79. The highest BCUT2D eigenvalue weighted by Crippen LogP contribution is 2.23. The van der Waals surface area contributed by atoms with Gasteiger partial charge < -0.3 is 9.64 Å². The molecule has 0 saturated heterocycles. The van der Waals surface area contributed by atoms with Crippen LogP contribution in [0, 0.1) is 10.1 Å². The summed E-state index contributed by atoms with van der Waals surface area (Å²) in [6, 6.07) is 11.3. The monoisotopic (exact) mass is 408 g/mol. The van der Waals surface area contributed by atoms with Crippen LogP contribution in [0.1, 0.15) is 15.9 Å². The molecular weight excluding hydrogens is 392 g/mol. The quantitative estimate of drug-likeness (QED) is 0.299. The van der Waals surface area contributed by atoms with Gasteiger partial charge in [-0.1, -0.05) is 23.7 Å². The zero-order chi connectivity index (χ0) is 20.0. The number of carbonyl (C=O) groups excluding carboxylic acids is 2. The first kappa shape index (κ1) is 20.7. The van der Waals surface area contributed by atoms with Gasteiger partial charge in [0.2, 0.25) is 0 Å². The Morgan fingerprint density at radius 2 is 1.89 bits per heavy atom. The maximum atomic E-state index is 12.2. The molecule has 2 aromatic carbocycles. The average Bonchev–Trinajstić information content (AvgIpc) is 2.65. The van der Waals surface area contributed by atoms with E-state index in [-0.39, 0.29) is 10.6 Å². The number of benzene rings is 2. The van der Waals surface area contributed by atoms with E-state index in [4.69, 9.17) is 16.3 Å². The number of hydrogen-bond acceptors (Lipinski definition) is 6. The number of hydrogen-bond donors (Lipinski definition) is 0. The first-order chi connectivity index (χ1) is 12.8. The van der Waals surface area contributed by atoms with Gasteiger partial charge in [-0.25, -0.2) is 4.79 Å². The topological polar surface area (TPSA) is 89.8 Å². The second-order valence-electron chi connectivity index (χ2n) is 5.59. The van der Waals surface area contributed by atoms with Gasteiger partial charge in [0.1, 0.15) is 5.56 Å². The lowest BCUT2D eigenvalue weighted by Gasteiger charge is -2.17. The van der Waals surface area contributed by atoms with Crippen LogP contribution in [-0.2, 0) is 16.1 Å². The summed E-state index contributed by atoms with van der Waals surface area (Å²) in [5, 5.41) is 11.2. The van der Waals surface area contributed by atoms with Gasteiger partial charge in [0.15, 0.2) is 6.61 Å². The van der Waals surface area contributed by atoms with Gasteiger partial charge in [-0.15, -0.1) is 11.8 Å². The Morgan fingerprint density at radius 3 is 2.48 bits per heavy atom. The summed E-state index contributed by atoms with van der Waals surface area (Å²) in [5.74, 6) is -1.41. The second kappa shape index (κ2) is 9.38. The molecule has 0 atom stereocenters. The molecule has 0 saturated carbocycles. The van der Waals surface area contributed by atoms with Crippen molar-refractivity contribution in [3.05, 3.63) is 68.7 Å². The molecule has 9 heteroatoms. The third kappa shape index (κ3) is 5.70. The van der Waals surface area contributed by atoms with Crippen molar-refractivity contribution in [2.45, 2.75) is 11.4 Å². The second-order valence-corrected chi connectivity index (χ2v) is 6.91. The van der Waals surface area contributed by atoms with Crippen LogP contribution in [0.2, 0.25) is 5.02 Å². The Morgan fingerprint density at radius 1 is 1.22 bits per heavy atom. The SMILES string of the molecule is CSc1ccc(CN(C)C(=O)COC(=O)c2cc(Cl)ccc2[N+](=O)[O-])cc1. The molecule has 27 heavy (non-hydrogen) atoms. The lowest BCUT2D eigenvalue weighted by atomic mass is 10.2. The number of amides is 1. The van der Waals surface area contributed by atoms with E-state index >= 15 is 0 Å². The van der Waals surface area contributed by atoms with Gasteiger partial charge in [-0.3, -0.25) is 14.9 Å². The molecule has 0 aliphatic heterocycles. The Hall–Kier alpha value is -2.58. The fourth-order valence-corrected chi connectivity index (χ4v) is 2.82. The molecule has 142 valence electrons. The van der Waals surface area contributed by atoms with Crippen LogP contribution in [0.15, 0.2) is 47.4 Å². The highest BCUT2D eigenvalue weighted by atomic mass is 35.5. The summed E-state index contributed by atoms with van der Waals surface area (Å²) < 4.78 is 4.93. The minimum absolute atomic E-state index is 0.157. The van der Waals surface area contributed by atoms with Crippen molar-refractivity contribution >= 4 is 40.9 Å². The van der Waals surface area contributed by atoms with E-state index < -0.39 is 29.1 Å². The van der Waals surface area contributed by atoms with Crippen molar-refractivity contribution in [1.82, 2.24) is 4.90 Å². The van der Waals surface area contributed by atoms with E-state index in [0.717, 1.165) is 22.6 Å². The smallest absolute Gasteiger partial charge is 0.345 e. The Bertz CT molecular complexity index is 857. The summed E-state index contributed by atoms with van der Waals surface area (Å²) >= 11 is 7.40. The molecule has 0 bridgehead atoms. The highest BCUT2D eigenvalue weighted by Gasteiger charge is 2.23. The summed E-state index contributed by atoms with van der Waals surface area (Å²) in [6.07, 6.45) is 1.98. The predicted octanol–water partition coefficient (Wildman–Crippen LogP) is 3.79. The molecule has 2 aromatic rings. The van der Waals surface area contributed by atoms with Crippen LogP contribution >= 0.6 is 23.4 Å². The van der Waals surface area contributed by atoms with Crippen LogP contribution in [0.5, 0.6) is 0 Å². The molecule has 0 aliphatic carbocycles. The molecule has 0 unspecified atom stereocenters. The maximum Gasteiger partial charge on any atom is 0.345 e. The minimum Gasteiger partial charge on any atom is -0.452 e. The highest BCUT2D eigenvalue weighted by molar-refractivity contribution is 7.98. The van der Waals surface area contributed by atoms with E-state index in [2.05, 4.69) is 0 Å². The summed E-state index contributed by atoms with van der Waals surface area (Å²) in [4.78, 5) is 37.1. The minimum atomic E-state index is -0.977. The third-order valence-corrected chi connectivity index (χ3v) is 4.69. The summed E-state index contributed by atoms with van der Waals surface area (Å²) in [6.45, 7) is -0.176. The van der Waals surface area contributed by atoms with E-state index in [0.29, 0.717) is 6.54 Å². The summed E-state index contributed by atoms with van der Waals surface area (Å²) in [5.41, 5.74) is 0.204. The Kier molecular flexibility index (Phi) is 7.20. The van der Waals surface area contributed by atoms with Crippen molar-refractivity contribution < 1.29 is 19.2 Å². The predicted molar refractivity (Wildman–Crippen MR) is 103 cm³/mol. The largest absolute Gasteiger partial charge is 0.452 e. The van der Waals surface area contributed by atoms with E-state index in [1.807, 2.05) is 30.5 Å². The zero-order valence-corrected chi connectivity index (χ0v) is 16.2. The van der Waals surface area contributed by atoms with Crippen molar-refractivity contribution in [3.63, 3.8) is 0 Å². The van der Waals surface area contributed by atoms with Crippen molar-refractivity contribution in [2.24, 2.45) is 0 Å². The van der Waals surface area contributed by atoms with E-state index in [9.17, 15) is 19.7 Å². The number of ether oxygens (including phenoxy) is 1. The van der Waals surface area contributed by atoms with Gasteiger partial charge in [0.25, 0.3) is 11.6 Å². The van der Waals surface area contributed by atoms with E-state index in [1.165, 1.54) is 11.0 Å². The number of likely N-dealkylation sites (N-methyl/N-ethyl adjacent to an activating group) is 1. The number of rotatable bonds is 7. The molecule has 0 spiro atoms. The van der Waals surface area contributed by atoms with Crippen molar-refractivity contribution in [2.75, 3.05) is 19.9 Å². The number of nitro benzene ring substituents is 1. The molecule has 2 rings (SSSR count). The first-order valence-corrected chi connectivity index (χ1v) is 9.40. The number of nitro groups is 1. The third-order valence-electron chi connectivity index (χ3n) is 3.71. The van der Waals surface area contributed by atoms with Crippen molar-refractivity contribution in [3.8, 4) is 0 Å². The molecule has 1 amide bonds. The van der Waals surface area contributed by atoms with Crippen LogP contribution in [0.3, 0.4) is 0 Å². The van der Waals surface area contributed by atoms with Gasteiger partial charge in [0, 0.05) is 29.6 Å².